The lowest BCUT2D eigenvalue weighted by Crippen LogP contribution is -2.17. The fourth-order valence-corrected chi connectivity index (χ4v) is 3.71. The largest absolute Gasteiger partial charge is 0.346 e. The Labute approximate surface area is 165 Å². The second kappa shape index (κ2) is 9.11. The number of hydrogen-bond donors (Lipinski definition) is 1. The third kappa shape index (κ3) is 5.62. The maximum atomic E-state index is 12.2. The van der Waals surface area contributed by atoms with Crippen LogP contribution < -0.4 is 5.32 Å². The second-order valence-electron chi connectivity index (χ2n) is 7.11. The van der Waals surface area contributed by atoms with E-state index in [9.17, 15) is 4.79 Å². The number of anilines is 1. The van der Waals surface area contributed by atoms with Gasteiger partial charge >= 0.3 is 0 Å². The number of nitrogens with zero attached hydrogens (tertiary/aromatic N) is 2. The van der Waals surface area contributed by atoms with Crippen molar-refractivity contribution in [2.45, 2.75) is 19.2 Å². The Morgan fingerprint density at radius 1 is 1.11 bits per heavy atom. The van der Waals surface area contributed by atoms with Crippen molar-refractivity contribution in [3.8, 4) is 0 Å². The molecule has 142 valence electrons. The molecule has 5 heteroatoms. The smallest absolute Gasteiger partial charge is 0.234 e. The molecule has 0 atom stereocenters. The first-order chi connectivity index (χ1) is 13.0. The molecule has 3 aromatic rings. The van der Waals surface area contributed by atoms with Crippen LogP contribution >= 0.6 is 11.8 Å². The van der Waals surface area contributed by atoms with Gasteiger partial charge in [-0.3, -0.25) is 4.79 Å². The molecule has 0 spiro atoms. The van der Waals surface area contributed by atoms with Crippen molar-refractivity contribution >= 4 is 34.3 Å². The molecule has 0 aliphatic heterocycles. The van der Waals surface area contributed by atoms with Gasteiger partial charge in [-0.15, -0.1) is 11.8 Å². The lowest BCUT2D eigenvalue weighted by atomic mass is 10.2. The molecule has 0 bridgehead atoms. The van der Waals surface area contributed by atoms with Crippen molar-refractivity contribution in [1.82, 2.24) is 9.47 Å². The minimum absolute atomic E-state index is 0.0403. The van der Waals surface area contributed by atoms with E-state index in [0.29, 0.717) is 5.75 Å². The number of carbonyl (C=O) groups is 1. The van der Waals surface area contributed by atoms with Gasteiger partial charge in [-0.05, 0) is 50.8 Å². The predicted molar refractivity (Wildman–Crippen MR) is 116 cm³/mol. The molecule has 1 heterocycles. The van der Waals surface area contributed by atoms with Gasteiger partial charge in [-0.25, -0.2) is 0 Å². The highest BCUT2D eigenvalue weighted by Crippen LogP contribution is 2.21. The van der Waals surface area contributed by atoms with Crippen LogP contribution in [0, 0.1) is 6.92 Å². The zero-order valence-electron chi connectivity index (χ0n) is 16.2. The number of thioether (sulfide) groups is 1. The van der Waals surface area contributed by atoms with E-state index in [1.807, 2.05) is 12.1 Å². The molecule has 0 unspecified atom stereocenters. The van der Waals surface area contributed by atoms with Crippen LogP contribution in [0.15, 0.2) is 54.7 Å². The molecule has 1 N–H and O–H groups in total. The van der Waals surface area contributed by atoms with Crippen LogP contribution in [0.4, 0.5) is 5.69 Å². The molecule has 0 aliphatic rings. The second-order valence-corrected chi connectivity index (χ2v) is 8.10. The molecule has 1 aromatic heterocycles. The predicted octanol–water partition coefficient (Wildman–Crippen LogP) is 4.38. The lowest BCUT2D eigenvalue weighted by molar-refractivity contribution is -0.113. The number of rotatable bonds is 8. The molecule has 1 amide bonds. The quantitative estimate of drug-likeness (QED) is 0.629. The Hall–Kier alpha value is -2.24. The molecule has 0 saturated carbocycles. The van der Waals surface area contributed by atoms with Crippen molar-refractivity contribution < 1.29 is 4.79 Å². The van der Waals surface area contributed by atoms with Crippen molar-refractivity contribution in [3.05, 3.63) is 65.9 Å². The van der Waals surface area contributed by atoms with E-state index < -0.39 is 0 Å². The highest BCUT2D eigenvalue weighted by atomic mass is 32.2. The maximum Gasteiger partial charge on any atom is 0.234 e. The number of carbonyl (C=O) groups excluding carboxylic acids is 1. The van der Waals surface area contributed by atoms with Gasteiger partial charge in [-0.2, -0.15) is 0 Å². The molecule has 0 radical (unpaired) electrons. The van der Waals surface area contributed by atoms with Gasteiger partial charge in [0.1, 0.15) is 0 Å². The summed E-state index contributed by atoms with van der Waals surface area (Å²) < 4.78 is 2.25. The maximum absolute atomic E-state index is 12.2. The van der Waals surface area contributed by atoms with Crippen LogP contribution in [-0.2, 0) is 17.1 Å². The summed E-state index contributed by atoms with van der Waals surface area (Å²) in [4.78, 5) is 14.4. The number of aromatic nitrogens is 1. The Balaban J connectivity index is 1.53. The first-order valence-electron chi connectivity index (χ1n) is 9.18. The molecule has 0 aliphatic carbocycles. The average molecular weight is 382 g/mol. The highest BCUT2D eigenvalue weighted by Gasteiger charge is 2.06. The van der Waals surface area contributed by atoms with Crippen molar-refractivity contribution in [3.63, 3.8) is 0 Å². The van der Waals surface area contributed by atoms with E-state index >= 15 is 0 Å². The molecule has 3 rings (SSSR count). The van der Waals surface area contributed by atoms with Crippen LogP contribution in [0.1, 0.15) is 11.1 Å². The van der Waals surface area contributed by atoms with Gasteiger partial charge in [0, 0.05) is 41.6 Å². The number of fused-ring (bicyclic) bond motifs is 1. The molecule has 2 aromatic carbocycles. The Morgan fingerprint density at radius 2 is 1.89 bits per heavy atom. The summed E-state index contributed by atoms with van der Waals surface area (Å²) in [5.41, 5.74) is 4.56. The Bertz CT molecular complexity index is 900. The minimum Gasteiger partial charge on any atom is -0.346 e. The third-order valence-electron chi connectivity index (χ3n) is 4.47. The molecule has 0 saturated heterocycles. The number of aryl methyl sites for hydroxylation is 1. The van der Waals surface area contributed by atoms with E-state index in [-0.39, 0.29) is 5.91 Å². The summed E-state index contributed by atoms with van der Waals surface area (Å²) >= 11 is 1.64. The van der Waals surface area contributed by atoms with Gasteiger partial charge in [0.05, 0.1) is 5.75 Å². The minimum atomic E-state index is 0.0403. The van der Waals surface area contributed by atoms with Gasteiger partial charge in [-0.1, -0.05) is 29.8 Å². The number of likely N-dealkylation sites (N-methyl/N-ethyl adjacent to an activating group) is 1. The van der Waals surface area contributed by atoms with E-state index in [4.69, 9.17) is 0 Å². The fourth-order valence-electron chi connectivity index (χ4n) is 2.92. The van der Waals surface area contributed by atoms with Crippen LogP contribution in [0.25, 0.3) is 10.9 Å². The number of benzene rings is 2. The standard InChI is InChI=1S/C22H27N3OS/c1-17-4-6-18(7-5-17)15-27-16-22(26)23-20-8-9-21-19(14-20)10-11-25(21)13-12-24(2)3/h4-11,14H,12-13,15-16H2,1-3H3,(H,23,26). The highest BCUT2D eigenvalue weighted by molar-refractivity contribution is 7.99. The average Bonchev–Trinajstić information content (AvgIpc) is 3.04. The van der Waals surface area contributed by atoms with Gasteiger partial charge in [0.2, 0.25) is 5.91 Å². The molecule has 0 fully saturated rings. The molecular formula is C22H27N3OS. The Kier molecular flexibility index (Phi) is 6.58. The van der Waals surface area contributed by atoms with Crippen LogP contribution in [0.3, 0.4) is 0 Å². The summed E-state index contributed by atoms with van der Waals surface area (Å²) in [7, 11) is 4.16. The van der Waals surface area contributed by atoms with Crippen LogP contribution in [0.5, 0.6) is 0 Å². The molecule has 4 nitrogen and oxygen atoms in total. The number of nitrogens with one attached hydrogen (secondary N) is 1. The lowest BCUT2D eigenvalue weighted by Gasteiger charge is -2.11. The van der Waals surface area contributed by atoms with E-state index in [2.05, 4.69) is 78.4 Å². The third-order valence-corrected chi connectivity index (χ3v) is 5.47. The number of amides is 1. The summed E-state index contributed by atoms with van der Waals surface area (Å²) in [6.45, 7) is 4.04. The zero-order valence-corrected chi connectivity index (χ0v) is 17.1. The van der Waals surface area contributed by atoms with E-state index in [0.717, 1.165) is 29.9 Å². The Morgan fingerprint density at radius 3 is 2.63 bits per heavy atom. The van der Waals surface area contributed by atoms with Crippen LogP contribution in [-0.4, -0.2) is 41.8 Å². The zero-order chi connectivity index (χ0) is 19.2. The monoisotopic (exact) mass is 381 g/mol. The van der Waals surface area contributed by atoms with Crippen molar-refractivity contribution in [2.24, 2.45) is 0 Å². The number of hydrogen-bond acceptors (Lipinski definition) is 3. The topological polar surface area (TPSA) is 37.3 Å². The van der Waals surface area contributed by atoms with E-state index in [1.165, 1.54) is 16.6 Å². The van der Waals surface area contributed by atoms with Crippen molar-refractivity contribution in [2.75, 3.05) is 31.7 Å². The fraction of sp³-hybridized carbons (Fsp3) is 0.318. The van der Waals surface area contributed by atoms with E-state index in [1.54, 1.807) is 11.8 Å². The van der Waals surface area contributed by atoms with Gasteiger partial charge < -0.3 is 14.8 Å². The first kappa shape index (κ1) is 19.5. The van der Waals surface area contributed by atoms with Crippen molar-refractivity contribution in [1.29, 1.82) is 0 Å². The summed E-state index contributed by atoms with van der Waals surface area (Å²) in [6, 6.07) is 16.7. The van der Waals surface area contributed by atoms with Crippen LogP contribution in [0.2, 0.25) is 0 Å². The molecule has 27 heavy (non-hydrogen) atoms. The summed E-state index contributed by atoms with van der Waals surface area (Å²) in [5, 5.41) is 4.16. The summed E-state index contributed by atoms with van der Waals surface area (Å²) in [6.07, 6.45) is 2.11. The molecular weight excluding hydrogens is 354 g/mol. The summed E-state index contributed by atoms with van der Waals surface area (Å²) in [5.74, 6) is 1.34. The SMILES string of the molecule is Cc1ccc(CSCC(=O)Nc2ccc3c(ccn3CCN(C)C)c2)cc1. The van der Waals surface area contributed by atoms with Gasteiger partial charge in [0.25, 0.3) is 0 Å². The normalized spacial score (nSPS) is 11.3. The van der Waals surface area contributed by atoms with Gasteiger partial charge in [0.15, 0.2) is 0 Å². The first-order valence-corrected chi connectivity index (χ1v) is 10.3.